The number of fused-ring (bicyclic) bond motifs is 1. The number of nitrogens with zero attached hydrogens (tertiary/aromatic N) is 2. The second-order valence-corrected chi connectivity index (χ2v) is 8.89. The summed E-state index contributed by atoms with van der Waals surface area (Å²) in [6, 6.07) is 14.4. The quantitative estimate of drug-likeness (QED) is 0.761. The van der Waals surface area contributed by atoms with E-state index in [1.165, 1.54) is 10.5 Å². The molecule has 6 heteroatoms. The fourth-order valence-corrected chi connectivity index (χ4v) is 4.55. The minimum absolute atomic E-state index is 0.0332. The lowest BCUT2D eigenvalue weighted by Gasteiger charge is -2.49. The lowest BCUT2D eigenvalue weighted by atomic mass is 9.85. The monoisotopic (exact) mass is 409 g/mol. The zero-order valence-electron chi connectivity index (χ0n) is 17.2. The number of carbonyl (C=O) groups is 2. The molecular weight excluding hydrogens is 382 g/mol. The summed E-state index contributed by atoms with van der Waals surface area (Å²) < 4.78 is 0. The van der Waals surface area contributed by atoms with Gasteiger partial charge in [-0.3, -0.25) is 14.5 Å². The maximum absolute atomic E-state index is 13.1. The van der Waals surface area contributed by atoms with E-state index in [-0.39, 0.29) is 11.8 Å². The molecule has 0 aliphatic carbocycles. The summed E-state index contributed by atoms with van der Waals surface area (Å²) in [6.07, 6.45) is 3.75. The van der Waals surface area contributed by atoms with Crippen LogP contribution in [-0.4, -0.2) is 41.6 Å². The van der Waals surface area contributed by atoms with Gasteiger partial charge in [0.15, 0.2) is 0 Å². The van der Waals surface area contributed by atoms with Crippen LogP contribution < -0.4 is 10.2 Å². The van der Waals surface area contributed by atoms with Gasteiger partial charge in [0.25, 0.3) is 0 Å². The number of anilines is 2. The predicted molar refractivity (Wildman–Crippen MR) is 118 cm³/mol. The third kappa shape index (κ3) is 3.79. The third-order valence-electron chi connectivity index (χ3n) is 6.20. The van der Waals surface area contributed by atoms with Gasteiger partial charge < -0.3 is 10.2 Å². The van der Waals surface area contributed by atoms with Crippen molar-refractivity contribution in [3.05, 3.63) is 53.6 Å². The summed E-state index contributed by atoms with van der Waals surface area (Å²) in [5, 5.41) is 3.10. The molecule has 1 saturated heterocycles. The summed E-state index contributed by atoms with van der Waals surface area (Å²) in [4.78, 5) is 30.1. The van der Waals surface area contributed by atoms with Crippen molar-refractivity contribution in [1.82, 2.24) is 4.90 Å². The van der Waals surface area contributed by atoms with Gasteiger partial charge in [-0.15, -0.1) is 11.8 Å². The normalized spacial score (nSPS) is 20.9. The zero-order chi connectivity index (χ0) is 20.6. The molecule has 2 heterocycles. The van der Waals surface area contributed by atoms with E-state index in [9.17, 15) is 9.59 Å². The molecule has 0 saturated carbocycles. The number of thioether (sulfide) groups is 1. The van der Waals surface area contributed by atoms with Crippen molar-refractivity contribution in [3.8, 4) is 0 Å². The molecule has 1 N–H and O–H groups in total. The van der Waals surface area contributed by atoms with Gasteiger partial charge in [-0.05, 0) is 67.5 Å². The highest BCUT2D eigenvalue weighted by Gasteiger charge is 2.46. The molecule has 29 heavy (non-hydrogen) atoms. The molecule has 2 aromatic rings. The second-order valence-electron chi connectivity index (χ2n) is 8.01. The summed E-state index contributed by atoms with van der Waals surface area (Å²) in [7, 11) is 0. The van der Waals surface area contributed by atoms with Crippen LogP contribution in [0.15, 0.2) is 47.4 Å². The first-order valence-electron chi connectivity index (χ1n) is 10.0. The van der Waals surface area contributed by atoms with Crippen LogP contribution in [0.2, 0.25) is 0 Å². The largest absolute Gasteiger partial charge is 0.324 e. The van der Waals surface area contributed by atoms with Crippen LogP contribution in [0.3, 0.4) is 0 Å². The smallest absolute Gasteiger partial charge is 0.244 e. The minimum Gasteiger partial charge on any atom is -0.324 e. The van der Waals surface area contributed by atoms with E-state index < -0.39 is 5.54 Å². The number of nitrogens with one attached hydrogen (secondary N) is 1. The molecule has 1 unspecified atom stereocenters. The van der Waals surface area contributed by atoms with E-state index in [4.69, 9.17) is 0 Å². The predicted octanol–water partition coefficient (Wildman–Crippen LogP) is 3.92. The van der Waals surface area contributed by atoms with Crippen LogP contribution in [0.5, 0.6) is 0 Å². The highest BCUT2D eigenvalue weighted by atomic mass is 32.2. The number of hydrogen-bond acceptors (Lipinski definition) is 4. The van der Waals surface area contributed by atoms with E-state index in [1.807, 2.05) is 25.1 Å². The molecule has 0 aromatic heterocycles. The molecule has 0 bridgehead atoms. The molecule has 1 atom stereocenters. The maximum atomic E-state index is 13.1. The standard InChI is InChI=1S/C23H27N3O2S/c1-16(27)26-12-10-18-14-19(6-9-21(18)26)24-22(28)23(2)11-13-25(23)15-17-4-7-20(29-3)8-5-17/h4-9,14H,10-13,15H2,1-3H3,(H,24,28). The van der Waals surface area contributed by atoms with Gasteiger partial charge in [0, 0.05) is 42.8 Å². The highest BCUT2D eigenvalue weighted by molar-refractivity contribution is 7.98. The Labute approximate surface area is 176 Å². The van der Waals surface area contributed by atoms with Gasteiger partial charge in [0.1, 0.15) is 0 Å². The fourth-order valence-electron chi connectivity index (χ4n) is 4.14. The summed E-state index contributed by atoms with van der Waals surface area (Å²) in [5.74, 6) is 0.0922. The Balaban J connectivity index is 1.43. The van der Waals surface area contributed by atoms with Crippen molar-refractivity contribution >= 4 is 35.0 Å². The Hall–Kier alpha value is -2.31. The Morgan fingerprint density at radius 2 is 1.90 bits per heavy atom. The molecule has 1 fully saturated rings. The number of likely N-dealkylation sites (tertiary alicyclic amines) is 1. The first-order valence-corrected chi connectivity index (χ1v) is 11.2. The number of amides is 2. The van der Waals surface area contributed by atoms with Gasteiger partial charge in [-0.1, -0.05) is 12.1 Å². The Bertz CT molecular complexity index is 944. The highest BCUT2D eigenvalue weighted by Crippen LogP contribution is 2.35. The second kappa shape index (κ2) is 7.84. The Morgan fingerprint density at radius 1 is 1.14 bits per heavy atom. The first kappa shape index (κ1) is 20.0. The number of hydrogen-bond donors (Lipinski definition) is 1. The van der Waals surface area contributed by atoms with E-state index >= 15 is 0 Å². The lowest BCUT2D eigenvalue weighted by Crippen LogP contribution is -2.63. The zero-order valence-corrected chi connectivity index (χ0v) is 18.0. The summed E-state index contributed by atoms with van der Waals surface area (Å²) in [6.45, 7) is 6.02. The number of rotatable bonds is 5. The molecule has 0 spiro atoms. The molecule has 4 rings (SSSR count). The van der Waals surface area contributed by atoms with Gasteiger partial charge in [0.05, 0.1) is 5.54 Å². The molecule has 0 radical (unpaired) electrons. The average molecular weight is 410 g/mol. The maximum Gasteiger partial charge on any atom is 0.244 e. The van der Waals surface area contributed by atoms with Gasteiger partial charge >= 0.3 is 0 Å². The van der Waals surface area contributed by atoms with Gasteiger partial charge in [-0.25, -0.2) is 0 Å². The number of carbonyl (C=O) groups excluding carboxylic acids is 2. The third-order valence-corrected chi connectivity index (χ3v) is 6.94. The van der Waals surface area contributed by atoms with E-state index in [1.54, 1.807) is 23.6 Å². The molecule has 2 amide bonds. The van der Waals surface area contributed by atoms with Crippen molar-refractivity contribution in [2.75, 3.05) is 29.6 Å². The Morgan fingerprint density at radius 3 is 2.52 bits per heavy atom. The topological polar surface area (TPSA) is 52.7 Å². The first-order chi connectivity index (χ1) is 13.9. The summed E-state index contributed by atoms with van der Waals surface area (Å²) >= 11 is 1.73. The molecule has 2 aromatic carbocycles. The van der Waals surface area contributed by atoms with E-state index in [0.29, 0.717) is 6.54 Å². The van der Waals surface area contributed by atoms with Gasteiger partial charge in [0.2, 0.25) is 11.8 Å². The summed E-state index contributed by atoms with van der Waals surface area (Å²) in [5.41, 5.74) is 3.60. The van der Waals surface area contributed by atoms with Crippen LogP contribution in [0.1, 0.15) is 31.4 Å². The van der Waals surface area contributed by atoms with Gasteiger partial charge in [-0.2, -0.15) is 0 Å². The molecular formula is C23H27N3O2S. The fraction of sp³-hybridized carbons (Fsp3) is 0.391. The lowest BCUT2D eigenvalue weighted by molar-refractivity contribution is -0.136. The average Bonchev–Trinajstić information content (AvgIpc) is 3.14. The number of benzene rings is 2. The van der Waals surface area contributed by atoms with Crippen LogP contribution in [0, 0.1) is 0 Å². The van der Waals surface area contributed by atoms with Crippen molar-refractivity contribution in [1.29, 1.82) is 0 Å². The SMILES string of the molecule is CSc1ccc(CN2CCC2(C)C(=O)Nc2ccc3c(c2)CCN3C(C)=O)cc1. The van der Waals surface area contributed by atoms with Crippen LogP contribution in [0.25, 0.3) is 0 Å². The molecule has 2 aliphatic rings. The van der Waals surface area contributed by atoms with E-state index in [0.717, 1.165) is 42.9 Å². The van der Waals surface area contributed by atoms with Crippen molar-refractivity contribution in [3.63, 3.8) is 0 Å². The molecule has 152 valence electrons. The van der Waals surface area contributed by atoms with Crippen molar-refractivity contribution in [2.24, 2.45) is 0 Å². The van der Waals surface area contributed by atoms with Crippen LogP contribution in [0.4, 0.5) is 11.4 Å². The molecule has 5 nitrogen and oxygen atoms in total. The van der Waals surface area contributed by atoms with Crippen molar-refractivity contribution < 1.29 is 9.59 Å². The molecule has 2 aliphatic heterocycles. The minimum atomic E-state index is -0.497. The van der Waals surface area contributed by atoms with E-state index in [2.05, 4.69) is 40.7 Å². The van der Waals surface area contributed by atoms with Crippen LogP contribution >= 0.6 is 11.8 Å². The van der Waals surface area contributed by atoms with Crippen LogP contribution in [-0.2, 0) is 22.6 Å². The Kier molecular flexibility index (Phi) is 5.40. The van der Waals surface area contributed by atoms with Crippen molar-refractivity contribution in [2.45, 2.75) is 43.7 Å².